The Morgan fingerprint density at radius 3 is 1.43 bits per heavy atom. The molecule has 4 aromatic carbocycles. The van der Waals surface area contributed by atoms with Gasteiger partial charge in [-0.25, -0.2) is 28.3 Å². The van der Waals surface area contributed by atoms with Crippen LogP contribution in [0.3, 0.4) is 0 Å². The zero-order valence-electron chi connectivity index (χ0n) is 45.0. The molecule has 2 aliphatic carbocycles. The van der Waals surface area contributed by atoms with Crippen LogP contribution in [0.5, 0.6) is 11.5 Å². The molecule has 6 heterocycles. The normalized spacial score (nSPS) is 16.2. The number of nitrogens with zero attached hydrogens (tertiary/aromatic N) is 8. The molecule has 0 atom stereocenters. The second-order valence-electron chi connectivity index (χ2n) is 20.2. The number of ether oxygens (including phenoxy) is 3. The molecule has 2 saturated carbocycles. The molecule has 0 spiro atoms. The Labute approximate surface area is 537 Å². The molecule has 31 heteroatoms. The quantitative estimate of drug-likeness (QED) is 0.0518. The molecule has 86 heavy (non-hydrogen) atoms. The summed E-state index contributed by atoms with van der Waals surface area (Å²) in [5.41, 5.74) is 3.28. The average Bonchev–Trinajstić information content (AvgIpc) is 3.33. The van der Waals surface area contributed by atoms with Gasteiger partial charge in [-0.3, -0.25) is 9.80 Å². The Kier molecular flexibility index (Phi) is 21.7. The van der Waals surface area contributed by atoms with E-state index in [1.807, 2.05) is 4.90 Å². The van der Waals surface area contributed by atoms with Gasteiger partial charge < -0.3 is 38.2 Å². The predicted octanol–water partition coefficient (Wildman–Crippen LogP) is 12.5. The average molecular weight is 1800 g/mol. The molecule has 2 saturated heterocycles. The Balaban J connectivity index is 0.000000177. The number of methoxy groups -OCH3 is 1. The molecule has 4 aromatic heterocycles. The molecule has 4 aliphatic rings. The van der Waals surface area contributed by atoms with Crippen molar-refractivity contribution in [1.82, 2.24) is 30.1 Å². The topological polar surface area (TPSA) is 173 Å². The number of hydrogen-bond donors (Lipinski definition) is 1. The van der Waals surface area contributed by atoms with E-state index in [0.29, 0.717) is 110 Å². The second-order valence-corrected chi connectivity index (χ2v) is 87.2. The zero-order valence-corrected chi connectivity index (χ0v) is 57.4. The maximum atomic E-state index is 14.6. The van der Waals surface area contributed by atoms with Crippen LogP contribution in [0.25, 0.3) is 42.9 Å². The van der Waals surface area contributed by atoms with Crippen molar-refractivity contribution in [3.05, 3.63) is 118 Å². The summed E-state index contributed by atoms with van der Waals surface area (Å²) in [7, 11) is 1.00. The largest absolute Gasteiger partial charge is 0.573 e. The molecular weight excluding hydrogens is 1750 g/mol. The fourth-order valence-electron chi connectivity index (χ4n) is 10.1. The van der Waals surface area contributed by atoms with Gasteiger partial charge >= 0.3 is 102 Å². The number of para-hydroxylation sites is 2. The van der Waals surface area contributed by atoms with Crippen LogP contribution in [0, 0.1) is 11.6 Å². The number of rotatable bonds is 17. The summed E-state index contributed by atoms with van der Waals surface area (Å²) in [4.78, 5) is 40.7. The number of alkyl halides is 6. The third kappa shape index (κ3) is 16.6. The number of fused-ring (bicyclic) bond motifs is 2. The van der Waals surface area contributed by atoms with Gasteiger partial charge in [0.25, 0.3) is 0 Å². The molecule has 0 unspecified atom stereocenters. The van der Waals surface area contributed by atoms with Crippen LogP contribution in [0.1, 0.15) is 80.9 Å². The first-order valence-electron chi connectivity index (χ1n) is 26.6. The smallest absolute Gasteiger partial charge is 0.478 e. The minimum Gasteiger partial charge on any atom is -0.478 e. The van der Waals surface area contributed by atoms with Crippen LogP contribution in [-0.4, -0.2) is 132 Å². The van der Waals surface area contributed by atoms with Crippen molar-refractivity contribution >= 4 is 129 Å². The van der Waals surface area contributed by atoms with E-state index in [1.165, 1.54) is 60.1 Å². The van der Waals surface area contributed by atoms with Gasteiger partial charge in [0.05, 0.1) is 27.6 Å². The number of thiazole rings is 2. The molecule has 0 amide bonds. The maximum Gasteiger partial charge on any atom is 0.573 e. The van der Waals surface area contributed by atoms with E-state index in [4.69, 9.17) is 13.8 Å². The summed E-state index contributed by atoms with van der Waals surface area (Å²) in [5.74, 6) is -1.72. The van der Waals surface area contributed by atoms with Crippen molar-refractivity contribution in [3.8, 4) is 34.0 Å². The number of aromatic carboxylic acids is 1. The standard InChI is InChI=1S/C28H26F4N4O4S.C27H24F4N4O4S.I5/c1-38-26(37)17-14-20(29)24-22(15-17)41-27(33-24)36-12-10-35(11-13-36)9-8-19-23(34-40-25(19)16-6-7-16)18-4-2-3-5-21(18)39-28(30,31)32;28-19-13-16(25(36)37)14-21-23(19)32-26(40-21)35-11-9-34(10-12-35)8-7-18-22(33-39-24(18)15-5-6-15)17-3-1-2-4-20(17)38-27(29,30)31;1-4-5(2)3/h2-5,14-16H,6-13H2,1H3;1-4,13-15H,5-12H2,(H,36,37);/q;;-1. The number of carbonyl (C=O) groups is 2. The number of aromatic nitrogens is 4. The number of carbonyl (C=O) groups excluding carboxylic acids is 1. The van der Waals surface area contributed by atoms with Gasteiger partial charge in [-0.1, -0.05) is 57.3 Å². The molecule has 8 aromatic rings. The number of esters is 1. The number of carboxylic acid groups (broad SMARTS) is 1. The number of halogens is 13. The minimum atomic E-state index is -4.83. The maximum absolute atomic E-state index is 14.6. The van der Waals surface area contributed by atoms with E-state index in [2.05, 4.69) is 100 Å². The van der Waals surface area contributed by atoms with Gasteiger partial charge in [-0.05, 0) is 87.1 Å². The predicted molar refractivity (Wildman–Crippen MR) is 339 cm³/mol. The van der Waals surface area contributed by atoms with Crippen molar-refractivity contribution < 1.29 is 86.3 Å². The molecule has 2 aliphatic heterocycles. The molecular formula is C55H50F8I5N8O8S2-. The molecule has 1 N–H and O–H groups in total. The summed E-state index contributed by atoms with van der Waals surface area (Å²) in [6, 6.07) is 17.1. The van der Waals surface area contributed by atoms with Gasteiger partial charge in [-0.15, -0.1) is 26.3 Å². The number of piperazine rings is 2. The van der Waals surface area contributed by atoms with Crippen molar-refractivity contribution in [2.75, 3.05) is 82.4 Å². The Morgan fingerprint density at radius 1 is 0.663 bits per heavy atom. The number of hydrogen-bond acceptors (Lipinski definition) is 17. The number of anilines is 2. The van der Waals surface area contributed by atoms with Crippen molar-refractivity contribution in [2.24, 2.45) is 0 Å². The van der Waals surface area contributed by atoms with Crippen molar-refractivity contribution in [2.45, 2.75) is 63.1 Å². The van der Waals surface area contributed by atoms with E-state index in [1.54, 1.807) is 30.3 Å². The van der Waals surface area contributed by atoms with Gasteiger partial charge in [0.15, 0.2) is 21.9 Å². The summed E-state index contributed by atoms with van der Waals surface area (Å²) >= 11 is 11.0. The van der Waals surface area contributed by atoms with Crippen LogP contribution in [0.4, 0.5) is 45.4 Å². The minimum absolute atomic E-state index is 0.115. The summed E-state index contributed by atoms with van der Waals surface area (Å²) < 4.78 is 133. The van der Waals surface area contributed by atoms with Crippen LogP contribution >= 0.6 is 86.4 Å². The first-order valence-corrected chi connectivity index (χ1v) is 53.3. The van der Waals surface area contributed by atoms with Crippen molar-refractivity contribution in [3.63, 3.8) is 0 Å². The SMILES string of the molecule is COC(=O)c1cc(F)c2nc(N3CCN(CCc4c(-c5ccccc5OC(F)(F)F)noc4C4CC4)CC3)sc2c1.I[I-]I(I)I.O=C(O)c1cc(F)c2nc(N3CCN(CCc4c(-c5ccccc5OC(F)(F)F)noc4C4CC4)CC3)sc2c1. The fraction of sp³-hybridized carbons (Fsp3) is 0.382. The van der Waals surface area contributed by atoms with E-state index in [0.717, 1.165) is 73.6 Å². The zero-order chi connectivity index (χ0) is 61.0. The van der Waals surface area contributed by atoms with Gasteiger partial charge in [0, 0.05) is 99.5 Å². The first kappa shape index (κ1) is 65.2. The monoisotopic (exact) mass is 1800 g/mol. The van der Waals surface area contributed by atoms with Crippen LogP contribution in [0.2, 0.25) is 0 Å². The molecule has 0 bridgehead atoms. The third-order valence-corrected chi connectivity index (χ3v) is 99.2. The first-order chi connectivity index (χ1) is 41.1. The summed E-state index contributed by atoms with van der Waals surface area (Å²) in [6.07, 6.45) is -4.70. The molecule has 4 fully saturated rings. The molecule has 462 valence electrons. The van der Waals surface area contributed by atoms with Crippen LogP contribution < -0.4 is 32.5 Å². The third-order valence-electron chi connectivity index (χ3n) is 14.5. The number of carboxylic acids is 1. The molecule has 12 rings (SSSR count). The Morgan fingerprint density at radius 2 is 1.06 bits per heavy atom. The van der Waals surface area contributed by atoms with Gasteiger partial charge in [0.1, 0.15) is 45.4 Å². The molecule has 16 nitrogen and oxygen atoms in total. The number of benzene rings is 4. The summed E-state index contributed by atoms with van der Waals surface area (Å²) in [6.45, 7) is 6.78. The van der Waals surface area contributed by atoms with E-state index in [-0.39, 0.29) is 64.5 Å². The van der Waals surface area contributed by atoms with E-state index in [9.17, 15) is 49.8 Å². The fourth-order valence-corrected chi connectivity index (χ4v) is 12.2. The Hall–Kier alpha value is -3.77. The second kappa shape index (κ2) is 28.6. The van der Waals surface area contributed by atoms with Crippen LogP contribution in [0.15, 0.2) is 81.8 Å². The van der Waals surface area contributed by atoms with Crippen molar-refractivity contribution in [1.29, 1.82) is 0 Å². The van der Waals surface area contributed by atoms with Gasteiger partial charge in [0.2, 0.25) is 0 Å². The van der Waals surface area contributed by atoms with Crippen LogP contribution in [-0.2, 0) is 17.6 Å². The molecule has 0 radical (unpaired) electrons. The Bertz CT molecular complexity index is 3700. The van der Waals surface area contributed by atoms with E-state index >= 15 is 0 Å². The van der Waals surface area contributed by atoms with Gasteiger partial charge in [-0.2, -0.15) is 0 Å². The summed E-state index contributed by atoms with van der Waals surface area (Å²) in [5, 5.41) is 18.9. The van der Waals surface area contributed by atoms with E-state index < -0.39 is 36.3 Å².